The summed E-state index contributed by atoms with van der Waals surface area (Å²) in [7, 11) is 1.31. The van der Waals surface area contributed by atoms with Gasteiger partial charge in [0, 0.05) is 24.6 Å². The van der Waals surface area contributed by atoms with Crippen LogP contribution in [0.1, 0.15) is 36.8 Å². The third-order valence-electron chi connectivity index (χ3n) is 5.80. The van der Waals surface area contributed by atoms with Gasteiger partial charge in [-0.15, -0.1) is 0 Å². The van der Waals surface area contributed by atoms with Gasteiger partial charge >= 0.3 is 6.09 Å². The quantitative estimate of drug-likeness (QED) is 0.546. The lowest BCUT2D eigenvalue weighted by Crippen LogP contribution is -2.45. The Morgan fingerprint density at radius 3 is 2.84 bits per heavy atom. The number of benzene rings is 2. The van der Waals surface area contributed by atoms with Gasteiger partial charge in [-0.25, -0.2) is 9.18 Å². The van der Waals surface area contributed by atoms with E-state index >= 15 is 0 Å². The van der Waals surface area contributed by atoms with Gasteiger partial charge in [-0.1, -0.05) is 24.3 Å². The lowest BCUT2D eigenvalue weighted by molar-refractivity contribution is -0.0436. The van der Waals surface area contributed by atoms with Crippen molar-refractivity contribution in [2.24, 2.45) is 5.92 Å². The molecule has 7 heteroatoms. The van der Waals surface area contributed by atoms with E-state index in [9.17, 15) is 14.3 Å². The first-order chi connectivity index (χ1) is 14.9. The van der Waals surface area contributed by atoms with Crippen molar-refractivity contribution >= 4 is 6.09 Å². The Balaban J connectivity index is 1.92. The lowest BCUT2D eigenvalue weighted by atomic mass is 9.74. The number of amides is 1. The minimum Gasteiger partial charge on any atom is -0.454 e. The van der Waals surface area contributed by atoms with Crippen LogP contribution in [-0.4, -0.2) is 37.9 Å². The molecule has 2 aromatic rings. The van der Waals surface area contributed by atoms with Crippen LogP contribution in [0.15, 0.2) is 42.5 Å². The monoisotopic (exact) mass is 430 g/mol. The second-order valence-electron chi connectivity index (χ2n) is 8.02. The summed E-state index contributed by atoms with van der Waals surface area (Å²) in [5, 5.41) is 17.9. The second kappa shape index (κ2) is 10.6. The fourth-order valence-corrected chi connectivity index (χ4v) is 4.19. The van der Waals surface area contributed by atoms with Crippen LogP contribution in [0.3, 0.4) is 0 Å². The van der Waals surface area contributed by atoms with Gasteiger partial charge in [0.2, 0.25) is 0 Å². The molecule has 1 aliphatic rings. The summed E-state index contributed by atoms with van der Waals surface area (Å²) >= 11 is 0. The molecule has 0 aliphatic carbocycles. The van der Waals surface area contributed by atoms with Crippen molar-refractivity contribution in [1.29, 1.82) is 0 Å². The fourth-order valence-electron chi connectivity index (χ4n) is 4.19. The minimum absolute atomic E-state index is 0.0436. The molecule has 1 heterocycles. The Bertz CT molecular complexity index is 886. The highest BCUT2D eigenvalue weighted by molar-refractivity contribution is 5.66. The van der Waals surface area contributed by atoms with Crippen molar-refractivity contribution in [2.45, 2.75) is 38.2 Å². The Kier molecular flexibility index (Phi) is 7.87. The molecule has 0 aromatic heterocycles. The van der Waals surface area contributed by atoms with Gasteiger partial charge in [-0.2, -0.15) is 0 Å². The van der Waals surface area contributed by atoms with Crippen LogP contribution in [-0.2, 0) is 10.3 Å². The molecule has 168 valence electrons. The topological polar surface area (TPSA) is 79.8 Å². The number of carbonyl (C=O) groups excluding carboxylic acids is 1. The zero-order chi connectivity index (χ0) is 22.3. The van der Waals surface area contributed by atoms with Crippen molar-refractivity contribution in [3.63, 3.8) is 0 Å². The van der Waals surface area contributed by atoms with E-state index in [0.717, 1.165) is 24.9 Å². The van der Waals surface area contributed by atoms with E-state index in [1.807, 2.05) is 25.1 Å². The van der Waals surface area contributed by atoms with Gasteiger partial charge in [-0.05, 0) is 62.9 Å². The van der Waals surface area contributed by atoms with Crippen molar-refractivity contribution in [3.8, 4) is 11.5 Å². The highest BCUT2D eigenvalue weighted by atomic mass is 19.1. The number of ether oxygens (including phenoxy) is 2. The molecule has 0 radical (unpaired) electrons. The predicted octanol–water partition coefficient (Wildman–Crippen LogP) is 4.25. The normalized spacial score (nSPS) is 18.1. The zero-order valence-corrected chi connectivity index (χ0v) is 18.1. The summed E-state index contributed by atoms with van der Waals surface area (Å²) in [5.41, 5.74) is 0.115. The minimum atomic E-state index is -1.31. The molecule has 1 aliphatic heterocycles. The van der Waals surface area contributed by atoms with Gasteiger partial charge in [0.1, 0.15) is 5.75 Å². The van der Waals surface area contributed by atoms with E-state index < -0.39 is 17.5 Å². The summed E-state index contributed by atoms with van der Waals surface area (Å²) in [6.45, 7) is 3.81. The van der Waals surface area contributed by atoms with Crippen LogP contribution in [0.25, 0.3) is 0 Å². The predicted molar refractivity (Wildman–Crippen MR) is 117 cm³/mol. The molecule has 1 saturated heterocycles. The van der Waals surface area contributed by atoms with Gasteiger partial charge < -0.3 is 25.2 Å². The molecule has 6 nitrogen and oxygen atoms in total. The first kappa shape index (κ1) is 23.0. The van der Waals surface area contributed by atoms with Crippen molar-refractivity contribution in [2.75, 3.05) is 26.7 Å². The average Bonchev–Trinajstić information content (AvgIpc) is 2.78. The number of aliphatic hydroxyl groups is 1. The first-order valence-corrected chi connectivity index (χ1v) is 10.7. The average molecular weight is 431 g/mol. The van der Waals surface area contributed by atoms with Crippen molar-refractivity contribution in [3.05, 3.63) is 59.4 Å². The molecule has 2 unspecified atom stereocenters. The van der Waals surface area contributed by atoms with E-state index in [2.05, 4.69) is 15.4 Å². The van der Waals surface area contributed by atoms with Crippen LogP contribution in [0, 0.1) is 18.7 Å². The van der Waals surface area contributed by atoms with Gasteiger partial charge in [0.25, 0.3) is 0 Å². The second-order valence-corrected chi connectivity index (χ2v) is 8.02. The number of hydrogen-bond acceptors (Lipinski definition) is 5. The van der Waals surface area contributed by atoms with Gasteiger partial charge in [0.15, 0.2) is 11.6 Å². The summed E-state index contributed by atoms with van der Waals surface area (Å²) in [5.74, 6) is -0.0696. The molecule has 3 rings (SSSR count). The van der Waals surface area contributed by atoms with Crippen LogP contribution in [0.5, 0.6) is 11.5 Å². The summed E-state index contributed by atoms with van der Waals surface area (Å²) in [6, 6.07) is 12.1. The highest BCUT2D eigenvalue weighted by Gasteiger charge is 2.41. The number of para-hydroxylation sites is 1. The molecular weight excluding hydrogens is 399 g/mol. The number of rotatable bonds is 8. The number of nitrogens with one attached hydrogen (secondary N) is 2. The van der Waals surface area contributed by atoms with Crippen molar-refractivity contribution in [1.82, 2.24) is 10.6 Å². The number of hydrogen-bond donors (Lipinski definition) is 3. The maximum absolute atomic E-state index is 14.9. The van der Waals surface area contributed by atoms with E-state index in [0.29, 0.717) is 37.2 Å². The molecule has 0 saturated carbocycles. The van der Waals surface area contributed by atoms with Crippen LogP contribution in [0.2, 0.25) is 0 Å². The maximum Gasteiger partial charge on any atom is 0.406 e. The lowest BCUT2D eigenvalue weighted by Gasteiger charge is -2.40. The molecule has 31 heavy (non-hydrogen) atoms. The molecule has 2 atom stereocenters. The molecule has 0 bridgehead atoms. The Hall–Kier alpha value is -2.64. The zero-order valence-electron chi connectivity index (χ0n) is 18.1. The molecular formula is C24H31FN2O4. The fraction of sp³-hybridized carbons (Fsp3) is 0.458. The van der Waals surface area contributed by atoms with E-state index in [4.69, 9.17) is 4.74 Å². The number of methoxy groups -OCH3 is 1. The standard InChI is InChI=1S/C24H31FN2O4/c1-17-7-3-9-19(15-17)31-22-20(10-4-11-21(22)25)24(29,18-8-5-13-26-16-18)12-6-14-27-23(28)30-2/h3-4,7,9-11,15,18,26,29H,5-6,8,12-14,16H2,1-2H3,(H,27,28). The Labute approximate surface area is 182 Å². The maximum atomic E-state index is 14.9. The largest absolute Gasteiger partial charge is 0.454 e. The third kappa shape index (κ3) is 5.74. The number of piperidine rings is 1. The molecule has 1 fully saturated rings. The highest BCUT2D eigenvalue weighted by Crippen LogP contribution is 2.44. The van der Waals surface area contributed by atoms with E-state index in [-0.39, 0.29) is 11.7 Å². The van der Waals surface area contributed by atoms with E-state index in [1.54, 1.807) is 18.2 Å². The van der Waals surface area contributed by atoms with Gasteiger partial charge in [0.05, 0.1) is 12.7 Å². The Morgan fingerprint density at radius 2 is 2.13 bits per heavy atom. The number of aryl methyl sites for hydroxylation is 1. The summed E-state index contributed by atoms with van der Waals surface area (Å²) in [4.78, 5) is 11.4. The number of halogens is 1. The third-order valence-corrected chi connectivity index (χ3v) is 5.80. The first-order valence-electron chi connectivity index (χ1n) is 10.7. The Morgan fingerprint density at radius 1 is 1.32 bits per heavy atom. The van der Waals surface area contributed by atoms with Crippen LogP contribution >= 0.6 is 0 Å². The van der Waals surface area contributed by atoms with E-state index in [1.165, 1.54) is 13.2 Å². The van der Waals surface area contributed by atoms with Gasteiger partial charge in [-0.3, -0.25) is 0 Å². The van der Waals surface area contributed by atoms with Crippen molar-refractivity contribution < 1.29 is 23.8 Å². The molecule has 2 aromatic carbocycles. The number of alkyl carbamates (subject to hydrolysis) is 1. The SMILES string of the molecule is COC(=O)NCCCC(O)(c1cccc(F)c1Oc1cccc(C)c1)C1CCCNC1. The molecule has 1 amide bonds. The number of carbonyl (C=O) groups is 1. The summed E-state index contributed by atoms with van der Waals surface area (Å²) < 4.78 is 25.5. The molecule has 0 spiro atoms. The summed E-state index contributed by atoms with van der Waals surface area (Å²) in [6.07, 6.45) is 2.07. The smallest absolute Gasteiger partial charge is 0.406 e. The molecule has 3 N–H and O–H groups in total. The van der Waals surface area contributed by atoms with Crippen LogP contribution < -0.4 is 15.4 Å². The van der Waals surface area contributed by atoms with Crippen LogP contribution in [0.4, 0.5) is 9.18 Å².